The first-order valence-corrected chi connectivity index (χ1v) is 14.4. The van der Waals surface area contributed by atoms with Crippen LogP contribution in [-0.4, -0.2) is 65.4 Å². The van der Waals surface area contributed by atoms with Crippen LogP contribution in [0.5, 0.6) is 0 Å². The van der Waals surface area contributed by atoms with Gasteiger partial charge in [0, 0.05) is 36.5 Å². The van der Waals surface area contributed by atoms with E-state index in [2.05, 4.69) is 5.32 Å². The van der Waals surface area contributed by atoms with E-state index < -0.39 is 62.0 Å². The highest BCUT2D eigenvalue weighted by Crippen LogP contribution is 2.53. The Morgan fingerprint density at radius 2 is 1.64 bits per heavy atom. The molecule has 1 saturated heterocycles. The molecule has 210 valence electrons. The van der Waals surface area contributed by atoms with Crippen LogP contribution in [0.1, 0.15) is 42.5 Å². The summed E-state index contributed by atoms with van der Waals surface area (Å²) >= 11 is 6.23. The van der Waals surface area contributed by atoms with Crippen LogP contribution in [0.15, 0.2) is 35.2 Å². The number of carbonyl (C=O) groups excluding carboxylic acids is 2. The average molecular weight is 587 g/mol. The predicted molar refractivity (Wildman–Crippen MR) is 134 cm³/mol. The van der Waals surface area contributed by atoms with Crippen molar-refractivity contribution in [3.05, 3.63) is 58.4 Å². The summed E-state index contributed by atoms with van der Waals surface area (Å²) in [6.45, 7) is 0.434. The van der Waals surface area contributed by atoms with Gasteiger partial charge in [-0.1, -0.05) is 11.6 Å². The normalized spacial score (nSPS) is 26.8. The number of benzene rings is 2. The highest BCUT2D eigenvalue weighted by molar-refractivity contribution is 7.92. The molecule has 13 heteroatoms. The zero-order valence-electron chi connectivity index (χ0n) is 20.5. The fourth-order valence-electron chi connectivity index (χ4n) is 6.04. The number of hydrogen-bond donors (Lipinski definition) is 3. The van der Waals surface area contributed by atoms with E-state index in [0.717, 1.165) is 6.07 Å². The minimum atomic E-state index is -4.08. The molecule has 1 aliphatic heterocycles. The zero-order valence-corrected chi connectivity index (χ0v) is 22.1. The van der Waals surface area contributed by atoms with Gasteiger partial charge in [0.1, 0.15) is 0 Å². The Morgan fingerprint density at radius 3 is 2.21 bits per heavy atom. The minimum Gasteiger partial charge on any atom is -0.389 e. The third-order valence-electron chi connectivity index (χ3n) is 8.20. The van der Waals surface area contributed by atoms with E-state index in [9.17, 15) is 41.4 Å². The van der Waals surface area contributed by atoms with E-state index in [0.29, 0.717) is 25.0 Å². The number of likely N-dealkylation sites (tertiary alicyclic amines) is 1. The predicted octanol–water partition coefficient (Wildman–Crippen LogP) is 3.30. The van der Waals surface area contributed by atoms with Crippen molar-refractivity contribution in [2.24, 2.45) is 11.8 Å². The highest BCUT2D eigenvalue weighted by atomic mass is 35.5. The third kappa shape index (κ3) is 5.03. The van der Waals surface area contributed by atoms with Crippen molar-refractivity contribution in [2.45, 2.75) is 54.0 Å². The maximum Gasteiger partial charge on any atom is 0.255 e. The van der Waals surface area contributed by atoms with Crippen LogP contribution < -0.4 is 5.32 Å². The standard InChI is InChI=1S/C26H26ClF3N2O6S/c27-19-4-1-13(25(35)31-16-8-20(28)24(30)21(29)9-16)5-22(19)39(37,38)18-6-14-2-3-15(7-18)26(14,36)10-23(34)32-11-17(33)12-32/h1,4-5,8-9,14-15,17-18,33,36H,2-3,6-7,10-12H2,(H,31,35)/t14-,15?,18-,26-/m0/s1. The number of rotatable bonds is 6. The quantitative estimate of drug-likeness (QED) is 0.446. The maximum atomic E-state index is 13.7. The average Bonchev–Trinajstić information content (AvgIpc) is 3.01. The maximum absolute atomic E-state index is 13.7. The molecule has 5 rings (SSSR count). The summed E-state index contributed by atoms with van der Waals surface area (Å²) in [5.74, 6) is -6.71. The van der Waals surface area contributed by atoms with E-state index in [4.69, 9.17) is 11.6 Å². The lowest BCUT2D eigenvalue weighted by molar-refractivity contribution is -0.152. The number of sulfone groups is 1. The third-order valence-corrected chi connectivity index (χ3v) is 10.9. The second-order valence-corrected chi connectivity index (χ2v) is 13.2. The van der Waals surface area contributed by atoms with Gasteiger partial charge in [-0.05, 0) is 55.7 Å². The Morgan fingerprint density at radius 1 is 1.05 bits per heavy atom. The molecule has 1 unspecified atom stereocenters. The number of aliphatic hydroxyl groups is 2. The van der Waals surface area contributed by atoms with E-state index in [1.54, 1.807) is 0 Å². The molecule has 2 aromatic rings. The Balaban J connectivity index is 1.34. The van der Waals surface area contributed by atoms with Crippen molar-refractivity contribution in [3.8, 4) is 0 Å². The van der Waals surface area contributed by atoms with Crippen LogP contribution in [0, 0.1) is 29.3 Å². The summed E-state index contributed by atoms with van der Waals surface area (Å²) in [7, 11) is -4.08. The van der Waals surface area contributed by atoms with E-state index >= 15 is 0 Å². The van der Waals surface area contributed by atoms with Crippen molar-refractivity contribution in [1.29, 1.82) is 0 Å². The molecule has 0 radical (unpaired) electrons. The van der Waals surface area contributed by atoms with Gasteiger partial charge in [0.25, 0.3) is 5.91 Å². The molecule has 8 nitrogen and oxygen atoms in total. The monoisotopic (exact) mass is 586 g/mol. The summed E-state index contributed by atoms with van der Waals surface area (Å²) in [6, 6.07) is 4.73. The number of halogens is 4. The number of β-amino-alcohol motifs (C(OH)–C–C–N with tert-alkyl or cyclic N) is 1. The number of carbonyl (C=O) groups is 2. The Labute approximate surface area is 227 Å². The fraction of sp³-hybridized carbons (Fsp3) is 0.462. The van der Waals surface area contributed by atoms with E-state index in [1.165, 1.54) is 17.0 Å². The molecule has 2 aromatic carbocycles. The van der Waals surface area contributed by atoms with Gasteiger partial charge in [0.15, 0.2) is 27.3 Å². The summed E-state index contributed by atoms with van der Waals surface area (Å²) in [6.07, 6.45) is 0.622. The van der Waals surface area contributed by atoms with Crippen molar-refractivity contribution < 1.29 is 41.4 Å². The smallest absolute Gasteiger partial charge is 0.255 e. The Kier molecular flexibility index (Phi) is 7.19. The summed E-state index contributed by atoms with van der Waals surface area (Å²) < 4.78 is 67.6. The second-order valence-electron chi connectivity index (χ2n) is 10.6. The largest absolute Gasteiger partial charge is 0.389 e. The first kappa shape index (κ1) is 27.9. The number of nitrogens with one attached hydrogen (secondary N) is 1. The molecule has 39 heavy (non-hydrogen) atoms. The molecule has 0 aromatic heterocycles. The molecule has 4 atom stereocenters. The van der Waals surface area contributed by atoms with Crippen molar-refractivity contribution >= 4 is 38.9 Å². The number of hydrogen-bond acceptors (Lipinski definition) is 6. The fourth-order valence-corrected chi connectivity index (χ4v) is 8.44. The molecule has 2 bridgehead atoms. The van der Waals surface area contributed by atoms with Crippen LogP contribution in [0.25, 0.3) is 0 Å². The first-order valence-electron chi connectivity index (χ1n) is 12.5. The van der Waals surface area contributed by atoms with Crippen molar-refractivity contribution in [3.63, 3.8) is 0 Å². The van der Waals surface area contributed by atoms with Gasteiger partial charge in [0.2, 0.25) is 5.91 Å². The number of anilines is 1. The van der Waals surface area contributed by atoms with Gasteiger partial charge in [-0.2, -0.15) is 0 Å². The molecule has 2 amide bonds. The second kappa shape index (κ2) is 10.1. The van der Waals surface area contributed by atoms with Gasteiger partial charge in [0.05, 0.1) is 33.3 Å². The van der Waals surface area contributed by atoms with Crippen molar-refractivity contribution in [1.82, 2.24) is 4.90 Å². The van der Waals surface area contributed by atoms with Gasteiger partial charge < -0.3 is 20.4 Å². The number of fused-ring (bicyclic) bond motifs is 2. The molecule has 3 aliphatic rings. The summed E-state index contributed by atoms with van der Waals surface area (Å²) in [4.78, 5) is 26.5. The van der Waals surface area contributed by atoms with E-state index in [1.807, 2.05) is 0 Å². The zero-order chi connectivity index (χ0) is 28.3. The highest BCUT2D eigenvalue weighted by Gasteiger charge is 2.57. The Hall–Kier alpha value is -2.67. The van der Waals surface area contributed by atoms with Gasteiger partial charge in [-0.25, -0.2) is 21.6 Å². The van der Waals surface area contributed by atoms with Crippen LogP contribution in [0.4, 0.5) is 18.9 Å². The molecule has 0 spiro atoms. The lowest BCUT2D eigenvalue weighted by Gasteiger charge is -2.44. The topological polar surface area (TPSA) is 124 Å². The minimum absolute atomic E-state index is 0.103. The molecule has 3 fully saturated rings. The first-order chi connectivity index (χ1) is 18.3. The lowest BCUT2D eigenvalue weighted by atomic mass is 9.72. The SMILES string of the molecule is O=C(Nc1cc(F)c(F)c(F)c1)c1ccc(Cl)c(S(=O)(=O)[C@@H]2CC3CC[C@@H](C2)[C@@]3(O)CC(=O)N2CC(O)C2)c1. The molecular formula is C26H26ClF3N2O6S. The molecule has 2 aliphatic carbocycles. The number of amides is 2. The lowest BCUT2D eigenvalue weighted by Crippen LogP contribution is -2.57. The molecule has 2 saturated carbocycles. The van der Waals surface area contributed by atoms with Gasteiger partial charge in [-0.15, -0.1) is 0 Å². The van der Waals surface area contributed by atoms with Gasteiger partial charge in [-0.3, -0.25) is 9.59 Å². The van der Waals surface area contributed by atoms with Crippen LogP contribution in [0.2, 0.25) is 5.02 Å². The van der Waals surface area contributed by atoms with Crippen LogP contribution in [0.3, 0.4) is 0 Å². The number of nitrogens with zero attached hydrogens (tertiary/aromatic N) is 1. The number of aliphatic hydroxyl groups excluding tert-OH is 1. The molecule has 3 N–H and O–H groups in total. The van der Waals surface area contributed by atoms with Crippen molar-refractivity contribution in [2.75, 3.05) is 18.4 Å². The van der Waals surface area contributed by atoms with Gasteiger partial charge >= 0.3 is 0 Å². The van der Waals surface area contributed by atoms with E-state index in [-0.39, 0.29) is 59.4 Å². The Bertz CT molecular complexity index is 1410. The molecule has 1 heterocycles. The molecular weight excluding hydrogens is 561 g/mol. The summed E-state index contributed by atoms with van der Waals surface area (Å²) in [5, 5.41) is 22.1. The van der Waals surface area contributed by atoms with Crippen LogP contribution >= 0.6 is 11.6 Å². The van der Waals surface area contributed by atoms with Crippen LogP contribution in [-0.2, 0) is 14.6 Å². The summed E-state index contributed by atoms with van der Waals surface area (Å²) in [5.41, 5.74) is -1.85.